The van der Waals surface area contributed by atoms with Gasteiger partial charge in [-0.05, 0) is 36.8 Å². The zero-order chi connectivity index (χ0) is 14.9. The summed E-state index contributed by atoms with van der Waals surface area (Å²) >= 11 is 0. The Morgan fingerprint density at radius 2 is 1.76 bits per heavy atom. The number of anilines is 1. The van der Waals surface area contributed by atoms with E-state index < -0.39 is 10.0 Å². The van der Waals surface area contributed by atoms with E-state index in [2.05, 4.69) is 9.71 Å². The van der Waals surface area contributed by atoms with Crippen LogP contribution in [0.1, 0.15) is 5.56 Å². The molecule has 3 rings (SSSR count). The molecule has 1 aromatic heterocycles. The van der Waals surface area contributed by atoms with Crippen LogP contribution >= 0.6 is 0 Å². The van der Waals surface area contributed by atoms with Gasteiger partial charge in [-0.2, -0.15) is 0 Å². The van der Waals surface area contributed by atoms with Crippen molar-refractivity contribution >= 4 is 26.6 Å². The topological polar surface area (TPSA) is 59.1 Å². The Morgan fingerprint density at radius 3 is 2.52 bits per heavy atom. The minimum atomic E-state index is -3.60. The van der Waals surface area contributed by atoms with Crippen LogP contribution in [0.15, 0.2) is 65.7 Å². The Labute approximate surface area is 123 Å². The first-order valence-electron chi connectivity index (χ1n) is 6.49. The average molecular weight is 298 g/mol. The van der Waals surface area contributed by atoms with Crippen LogP contribution in [0, 0.1) is 6.92 Å². The van der Waals surface area contributed by atoms with Gasteiger partial charge in [0.1, 0.15) is 0 Å². The second kappa shape index (κ2) is 5.18. The predicted molar refractivity (Wildman–Crippen MR) is 83.7 cm³/mol. The number of para-hydroxylation sites is 1. The number of aromatic nitrogens is 1. The number of aryl methyl sites for hydroxylation is 1. The number of nitrogens with one attached hydrogen (secondary N) is 1. The summed E-state index contributed by atoms with van der Waals surface area (Å²) in [5.41, 5.74) is 2.16. The number of sulfonamides is 1. The fourth-order valence-electron chi connectivity index (χ4n) is 2.16. The maximum Gasteiger partial charge on any atom is 0.261 e. The molecule has 5 heteroatoms. The summed E-state index contributed by atoms with van der Waals surface area (Å²) in [6.45, 7) is 1.95. The zero-order valence-electron chi connectivity index (χ0n) is 11.4. The van der Waals surface area contributed by atoms with Crippen molar-refractivity contribution < 1.29 is 8.42 Å². The van der Waals surface area contributed by atoms with E-state index in [9.17, 15) is 8.42 Å². The molecular weight excluding hydrogens is 284 g/mol. The summed E-state index contributed by atoms with van der Waals surface area (Å²) in [4.78, 5) is 4.56. The van der Waals surface area contributed by atoms with Crippen LogP contribution in [0.2, 0.25) is 0 Å². The molecule has 106 valence electrons. The summed E-state index contributed by atoms with van der Waals surface area (Å²) in [6.07, 6.45) is 1.72. The Kier molecular flexibility index (Phi) is 3.35. The minimum absolute atomic E-state index is 0.231. The number of rotatable bonds is 3. The summed E-state index contributed by atoms with van der Waals surface area (Å²) < 4.78 is 27.4. The van der Waals surface area contributed by atoms with Crippen molar-refractivity contribution in [3.8, 4) is 0 Å². The lowest BCUT2D eigenvalue weighted by atomic mass is 10.1. The fourth-order valence-corrected chi connectivity index (χ4v) is 3.24. The summed E-state index contributed by atoms with van der Waals surface area (Å²) in [7, 11) is -3.60. The number of benzene rings is 2. The molecule has 0 saturated heterocycles. The van der Waals surface area contributed by atoms with E-state index in [0.717, 1.165) is 10.9 Å². The molecule has 0 fully saturated rings. The van der Waals surface area contributed by atoms with E-state index in [4.69, 9.17) is 0 Å². The van der Waals surface area contributed by atoms with Crippen molar-refractivity contribution in [2.24, 2.45) is 0 Å². The van der Waals surface area contributed by atoms with Gasteiger partial charge in [-0.25, -0.2) is 8.42 Å². The van der Waals surface area contributed by atoms with Crippen molar-refractivity contribution in [1.82, 2.24) is 4.98 Å². The molecule has 0 saturated carbocycles. The molecule has 0 amide bonds. The average Bonchev–Trinajstić information content (AvgIpc) is 2.48. The number of fused-ring (bicyclic) bond motifs is 1. The van der Waals surface area contributed by atoms with Crippen LogP contribution in [0.3, 0.4) is 0 Å². The van der Waals surface area contributed by atoms with E-state index >= 15 is 0 Å². The normalized spacial score (nSPS) is 11.5. The Hall–Kier alpha value is -2.40. The Bertz CT molecular complexity index is 891. The first kappa shape index (κ1) is 13.6. The second-order valence-corrected chi connectivity index (χ2v) is 6.49. The van der Waals surface area contributed by atoms with E-state index in [1.165, 1.54) is 0 Å². The number of hydrogen-bond donors (Lipinski definition) is 1. The highest BCUT2D eigenvalue weighted by molar-refractivity contribution is 7.92. The van der Waals surface area contributed by atoms with Gasteiger partial charge >= 0.3 is 0 Å². The molecule has 2 aromatic carbocycles. The predicted octanol–water partition coefficient (Wildman–Crippen LogP) is 3.34. The van der Waals surface area contributed by atoms with Crippen LogP contribution in [-0.2, 0) is 10.0 Å². The van der Waals surface area contributed by atoms with Gasteiger partial charge < -0.3 is 0 Å². The van der Waals surface area contributed by atoms with Crippen molar-refractivity contribution in [3.05, 3.63) is 66.4 Å². The van der Waals surface area contributed by atoms with E-state index in [-0.39, 0.29) is 4.90 Å². The molecule has 0 unspecified atom stereocenters. The number of hydrogen-bond acceptors (Lipinski definition) is 3. The third kappa shape index (κ3) is 2.73. The lowest BCUT2D eigenvalue weighted by molar-refractivity contribution is 0.601. The van der Waals surface area contributed by atoms with Crippen LogP contribution in [0.5, 0.6) is 0 Å². The van der Waals surface area contributed by atoms with Gasteiger partial charge in [-0.3, -0.25) is 9.71 Å². The quantitative estimate of drug-likeness (QED) is 0.806. The van der Waals surface area contributed by atoms with Gasteiger partial charge in [0, 0.05) is 11.6 Å². The standard InChI is InChI=1S/C16H14N2O2S/c1-12-10-13-6-5-9-15(16(13)17-11-12)18-21(19,20)14-7-3-2-4-8-14/h2-11,18H,1H3. The van der Waals surface area contributed by atoms with Crippen molar-refractivity contribution in [1.29, 1.82) is 0 Å². The third-order valence-electron chi connectivity index (χ3n) is 3.15. The van der Waals surface area contributed by atoms with Crippen LogP contribution in [0.25, 0.3) is 10.9 Å². The third-order valence-corrected chi connectivity index (χ3v) is 4.53. The van der Waals surface area contributed by atoms with E-state index in [1.54, 1.807) is 42.6 Å². The van der Waals surface area contributed by atoms with Gasteiger partial charge in [0.25, 0.3) is 10.0 Å². The second-order valence-electron chi connectivity index (χ2n) is 4.81. The molecule has 3 aromatic rings. The van der Waals surface area contributed by atoms with Gasteiger partial charge in [0.2, 0.25) is 0 Å². The number of nitrogens with zero attached hydrogens (tertiary/aromatic N) is 1. The molecule has 0 aliphatic carbocycles. The fraction of sp³-hybridized carbons (Fsp3) is 0.0625. The molecule has 0 bridgehead atoms. The van der Waals surface area contributed by atoms with Crippen molar-refractivity contribution in [3.63, 3.8) is 0 Å². The highest BCUT2D eigenvalue weighted by atomic mass is 32.2. The van der Waals surface area contributed by atoms with Gasteiger partial charge in [-0.1, -0.05) is 30.3 Å². The minimum Gasteiger partial charge on any atom is -0.277 e. The van der Waals surface area contributed by atoms with Crippen molar-refractivity contribution in [2.75, 3.05) is 4.72 Å². The lowest BCUT2D eigenvalue weighted by Crippen LogP contribution is -2.13. The summed E-state index contributed by atoms with van der Waals surface area (Å²) in [5.74, 6) is 0. The highest BCUT2D eigenvalue weighted by Gasteiger charge is 2.15. The molecule has 0 atom stereocenters. The highest BCUT2D eigenvalue weighted by Crippen LogP contribution is 2.24. The van der Waals surface area contributed by atoms with Gasteiger partial charge in [0.05, 0.1) is 16.1 Å². The van der Waals surface area contributed by atoms with Crippen LogP contribution in [0.4, 0.5) is 5.69 Å². The molecular formula is C16H14N2O2S. The first-order valence-corrected chi connectivity index (χ1v) is 7.98. The zero-order valence-corrected chi connectivity index (χ0v) is 12.3. The number of pyridine rings is 1. The van der Waals surface area contributed by atoms with Crippen LogP contribution in [-0.4, -0.2) is 13.4 Å². The van der Waals surface area contributed by atoms with Crippen molar-refractivity contribution in [2.45, 2.75) is 11.8 Å². The maximum atomic E-state index is 12.4. The largest absolute Gasteiger partial charge is 0.277 e. The summed E-state index contributed by atoms with van der Waals surface area (Å²) in [5, 5.41) is 0.906. The van der Waals surface area contributed by atoms with E-state index in [1.807, 2.05) is 25.1 Å². The molecule has 0 aliphatic rings. The van der Waals surface area contributed by atoms with Crippen LogP contribution < -0.4 is 4.72 Å². The molecule has 0 aliphatic heterocycles. The SMILES string of the molecule is Cc1cnc2c(NS(=O)(=O)c3ccccc3)cccc2c1. The maximum absolute atomic E-state index is 12.4. The van der Waals surface area contributed by atoms with Gasteiger partial charge in [-0.15, -0.1) is 0 Å². The molecule has 0 radical (unpaired) electrons. The smallest absolute Gasteiger partial charge is 0.261 e. The molecule has 4 nitrogen and oxygen atoms in total. The Balaban J connectivity index is 2.06. The molecule has 1 heterocycles. The van der Waals surface area contributed by atoms with E-state index in [0.29, 0.717) is 11.2 Å². The monoisotopic (exact) mass is 298 g/mol. The lowest BCUT2D eigenvalue weighted by Gasteiger charge is -2.10. The first-order chi connectivity index (χ1) is 10.1. The Morgan fingerprint density at radius 1 is 1.00 bits per heavy atom. The molecule has 0 spiro atoms. The summed E-state index contributed by atoms with van der Waals surface area (Å²) in [6, 6.07) is 15.7. The molecule has 1 N–H and O–H groups in total. The van der Waals surface area contributed by atoms with Gasteiger partial charge in [0.15, 0.2) is 0 Å². The molecule has 21 heavy (non-hydrogen) atoms.